The van der Waals surface area contributed by atoms with Crippen molar-refractivity contribution in [1.82, 2.24) is 0 Å². The Labute approximate surface area is 406 Å². The fourth-order valence-electron chi connectivity index (χ4n) is 9.05. The molecule has 0 unspecified atom stereocenters. The molecule has 0 aliphatic carbocycles. The van der Waals surface area contributed by atoms with Crippen LogP contribution >= 0.6 is 0 Å². The average Bonchev–Trinajstić information content (AvgIpc) is 3.28. The van der Waals surface area contributed by atoms with Crippen LogP contribution in [0.1, 0.15) is 330 Å². The summed E-state index contributed by atoms with van der Waals surface area (Å²) in [5.41, 5.74) is 0. The summed E-state index contributed by atoms with van der Waals surface area (Å²) in [4.78, 5) is 38.1. The summed E-state index contributed by atoms with van der Waals surface area (Å²) in [6.45, 7) is 11.4. The standard InChI is InChI=1S/C59H114O6/c1-6-7-8-9-10-11-12-13-18-23-26-29-36-41-46-51-59(62)65-56(53-64-58(61)50-45-40-35-31-30-33-38-43-48-55(4)5)52-63-57(60)49-44-39-34-28-25-22-20-17-15-14-16-19-21-24-27-32-37-42-47-54(2)3/h54-56H,6-53H2,1-5H3/t56-/m0/s1. The molecule has 0 N–H and O–H groups in total. The minimum atomic E-state index is -0.762. The van der Waals surface area contributed by atoms with Gasteiger partial charge in [0.1, 0.15) is 13.2 Å². The van der Waals surface area contributed by atoms with Crippen LogP contribution in [0.5, 0.6) is 0 Å². The van der Waals surface area contributed by atoms with Crippen LogP contribution < -0.4 is 0 Å². The minimum Gasteiger partial charge on any atom is -0.462 e. The molecule has 0 bridgehead atoms. The maximum atomic E-state index is 12.8. The van der Waals surface area contributed by atoms with Gasteiger partial charge in [0.15, 0.2) is 6.10 Å². The van der Waals surface area contributed by atoms with Crippen molar-refractivity contribution in [3.63, 3.8) is 0 Å². The Hall–Kier alpha value is -1.59. The first-order valence-electron chi connectivity index (χ1n) is 29.2. The highest BCUT2D eigenvalue weighted by Gasteiger charge is 2.19. The molecule has 0 aromatic rings. The second-order valence-electron chi connectivity index (χ2n) is 21.2. The molecule has 0 saturated heterocycles. The van der Waals surface area contributed by atoms with Crippen molar-refractivity contribution in [1.29, 1.82) is 0 Å². The van der Waals surface area contributed by atoms with Gasteiger partial charge < -0.3 is 14.2 Å². The molecular formula is C59H114O6. The lowest BCUT2D eigenvalue weighted by Crippen LogP contribution is -2.30. The second-order valence-corrected chi connectivity index (χ2v) is 21.2. The van der Waals surface area contributed by atoms with Gasteiger partial charge in [-0.3, -0.25) is 14.4 Å². The molecule has 0 heterocycles. The number of hydrogen-bond donors (Lipinski definition) is 0. The van der Waals surface area contributed by atoms with E-state index in [4.69, 9.17) is 14.2 Å². The zero-order chi connectivity index (χ0) is 47.5. The Morgan fingerprint density at radius 3 is 0.754 bits per heavy atom. The van der Waals surface area contributed by atoms with Gasteiger partial charge in [-0.2, -0.15) is 0 Å². The van der Waals surface area contributed by atoms with Gasteiger partial charge in [-0.15, -0.1) is 0 Å². The molecule has 65 heavy (non-hydrogen) atoms. The lowest BCUT2D eigenvalue weighted by Gasteiger charge is -2.18. The van der Waals surface area contributed by atoms with Crippen LogP contribution in [0.3, 0.4) is 0 Å². The summed E-state index contributed by atoms with van der Waals surface area (Å²) in [5.74, 6) is 0.815. The molecule has 0 rings (SSSR count). The predicted octanol–water partition coefficient (Wildman–Crippen LogP) is 19.3. The van der Waals surface area contributed by atoms with Gasteiger partial charge in [-0.05, 0) is 31.1 Å². The monoisotopic (exact) mass is 919 g/mol. The van der Waals surface area contributed by atoms with Gasteiger partial charge in [0.2, 0.25) is 0 Å². The van der Waals surface area contributed by atoms with Gasteiger partial charge in [-0.25, -0.2) is 0 Å². The molecule has 0 amide bonds. The Morgan fingerprint density at radius 1 is 0.292 bits per heavy atom. The normalized spacial score (nSPS) is 12.0. The maximum absolute atomic E-state index is 12.8. The lowest BCUT2D eigenvalue weighted by molar-refractivity contribution is -0.167. The van der Waals surface area contributed by atoms with Crippen molar-refractivity contribution in [2.45, 2.75) is 336 Å². The molecule has 6 nitrogen and oxygen atoms in total. The van der Waals surface area contributed by atoms with Crippen LogP contribution in [0.2, 0.25) is 0 Å². The second kappa shape index (κ2) is 51.8. The van der Waals surface area contributed by atoms with E-state index in [0.29, 0.717) is 19.3 Å². The third kappa shape index (κ3) is 53.2. The highest BCUT2D eigenvalue weighted by Crippen LogP contribution is 2.18. The van der Waals surface area contributed by atoms with Crippen molar-refractivity contribution >= 4 is 17.9 Å². The Morgan fingerprint density at radius 2 is 0.508 bits per heavy atom. The number of rotatable bonds is 53. The maximum Gasteiger partial charge on any atom is 0.306 e. The van der Waals surface area contributed by atoms with Crippen LogP contribution in [-0.2, 0) is 28.6 Å². The van der Waals surface area contributed by atoms with E-state index in [9.17, 15) is 14.4 Å². The Bertz CT molecular complexity index is 993. The number of esters is 3. The van der Waals surface area contributed by atoms with Crippen LogP contribution in [-0.4, -0.2) is 37.2 Å². The molecule has 0 spiro atoms. The molecule has 386 valence electrons. The molecule has 6 heteroatoms. The highest BCUT2D eigenvalue weighted by atomic mass is 16.6. The largest absolute Gasteiger partial charge is 0.462 e. The Kier molecular flexibility index (Phi) is 50.5. The summed E-state index contributed by atoms with van der Waals surface area (Å²) in [5, 5.41) is 0. The van der Waals surface area contributed by atoms with Crippen molar-refractivity contribution in [3.8, 4) is 0 Å². The fourth-order valence-corrected chi connectivity index (χ4v) is 9.05. The fraction of sp³-hybridized carbons (Fsp3) is 0.949. The van der Waals surface area contributed by atoms with Gasteiger partial charge in [-0.1, -0.05) is 291 Å². The molecule has 0 saturated carbocycles. The molecule has 0 aliphatic rings. The molecule has 0 aromatic carbocycles. The van der Waals surface area contributed by atoms with Crippen LogP contribution in [0, 0.1) is 11.8 Å². The van der Waals surface area contributed by atoms with Crippen LogP contribution in [0.15, 0.2) is 0 Å². The zero-order valence-electron chi connectivity index (χ0n) is 44.6. The highest BCUT2D eigenvalue weighted by molar-refractivity contribution is 5.71. The van der Waals surface area contributed by atoms with E-state index in [1.165, 1.54) is 218 Å². The van der Waals surface area contributed by atoms with Gasteiger partial charge in [0, 0.05) is 19.3 Å². The van der Waals surface area contributed by atoms with E-state index >= 15 is 0 Å². The number of unbranched alkanes of at least 4 members (excludes halogenated alkanes) is 38. The van der Waals surface area contributed by atoms with Gasteiger partial charge >= 0.3 is 17.9 Å². The van der Waals surface area contributed by atoms with E-state index in [-0.39, 0.29) is 31.1 Å². The van der Waals surface area contributed by atoms with Gasteiger partial charge in [0.05, 0.1) is 0 Å². The molecule has 0 fully saturated rings. The topological polar surface area (TPSA) is 78.9 Å². The molecule has 0 aromatic heterocycles. The molecule has 1 atom stereocenters. The van der Waals surface area contributed by atoms with Crippen LogP contribution in [0.25, 0.3) is 0 Å². The average molecular weight is 920 g/mol. The summed E-state index contributed by atoms with van der Waals surface area (Å²) in [6, 6.07) is 0. The smallest absolute Gasteiger partial charge is 0.306 e. The van der Waals surface area contributed by atoms with E-state index in [1.54, 1.807) is 0 Å². The summed E-state index contributed by atoms with van der Waals surface area (Å²) in [7, 11) is 0. The SMILES string of the molecule is CCCCCCCCCCCCCCCCCC(=O)O[C@@H](COC(=O)CCCCCCCCCCCCCCCCCCCCC(C)C)COC(=O)CCCCCCCCCCC(C)C. The van der Waals surface area contributed by atoms with Crippen LogP contribution in [0.4, 0.5) is 0 Å². The van der Waals surface area contributed by atoms with E-state index in [2.05, 4.69) is 34.6 Å². The zero-order valence-corrected chi connectivity index (χ0v) is 44.6. The lowest BCUT2D eigenvalue weighted by atomic mass is 10.0. The van der Waals surface area contributed by atoms with Crippen molar-refractivity contribution < 1.29 is 28.6 Å². The molecular weight excluding hydrogens is 805 g/mol. The van der Waals surface area contributed by atoms with E-state index in [0.717, 1.165) is 69.6 Å². The van der Waals surface area contributed by atoms with Crippen molar-refractivity contribution in [2.24, 2.45) is 11.8 Å². The number of hydrogen-bond acceptors (Lipinski definition) is 6. The third-order valence-electron chi connectivity index (χ3n) is 13.5. The predicted molar refractivity (Wildman–Crippen MR) is 280 cm³/mol. The van der Waals surface area contributed by atoms with E-state index in [1.807, 2.05) is 0 Å². The Balaban J connectivity index is 4.22. The van der Waals surface area contributed by atoms with Gasteiger partial charge in [0.25, 0.3) is 0 Å². The quantitative estimate of drug-likeness (QED) is 0.0344. The third-order valence-corrected chi connectivity index (χ3v) is 13.5. The summed E-state index contributed by atoms with van der Waals surface area (Å²) in [6.07, 6.45) is 55.3. The summed E-state index contributed by atoms with van der Waals surface area (Å²) >= 11 is 0. The number of carbonyl (C=O) groups excluding carboxylic acids is 3. The van der Waals surface area contributed by atoms with E-state index < -0.39 is 6.10 Å². The first-order chi connectivity index (χ1) is 31.7. The first kappa shape index (κ1) is 63.4. The first-order valence-corrected chi connectivity index (χ1v) is 29.2. The number of ether oxygens (including phenoxy) is 3. The minimum absolute atomic E-state index is 0.0629. The molecule has 0 radical (unpaired) electrons. The van der Waals surface area contributed by atoms with Crippen molar-refractivity contribution in [2.75, 3.05) is 13.2 Å². The van der Waals surface area contributed by atoms with Crippen molar-refractivity contribution in [3.05, 3.63) is 0 Å². The molecule has 0 aliphatic heterocycles. The number of carbonyl (C=O) groups is 3. The summed E-state index contributed by atoms with van der Waals surface area (Å²) < 4.78 is 16.9.